The Labute approximate surface area is 309 Å². The first-order valence-electron chi connectivity index (χ1n) is 17.9. The van der Waals surface area contributed by atoms with Gasteiger partial charge in [-0.25, -0.2) is 4.79 Å². The number of carboxylic acids is 2. The summed E-state index contributed by atoms with van der Waals surface area (Å²) in [7, 11) is 0. The quantitative estimate of drug-likeness (QED) is 0.0562. The number of aliphatic hydroxyl groups excluding tert-OH is 2. The lowest BCUT2D eigenvalue weighted by Gasteiger charge is -2.30. The van der Waals surface area contributed by atoms with Gasteiger partial charge in [-0.1, -0.05) is 41.5 Å². The van der Waals surface area contributed by atoms with E-state index < -0.39 is 108 Å². The standard InChI is InChI=1S/C34H59N7O12/c1-16(2)13-21(28(46)40-27(19(7)43)32(50)37-22(34(52)53)14-17(3)4)36-29(47)23(15-42)38-31(49)26(18(5)6)39-30(48)24-9-8-12-41(24)33(51)20(35)10-11-25(44)45/h16-24,26-27,42-43H,8-15,35H2,1-7H3,(H,36,47)(H,37,50)(H,38,49)(H,39,48)(H,40,46)(H,44,45)(H,52,53)/t19-,20+,21+,22+,23+,24+,26+,27+/m1/s1. The maximum Gasteiger partial charge on any atom is 0.326 e. The van der Waals surface area contributed by atoms with E-state index in [9.17, 15) is 53.7 Å². The summed E-state index contributed by atoms with van der Waals surface area (Å²) in [6.45, 7) is 10.8. The molecule has 0 bridgehead atoms. The highest BCUT2D eigenvalue weighted by atomic mass is 16.4. The second-order valence-corrected chi connectivity index (χ2v) is 14.6. The number of amides is 6. The Bertz CT molecular complexity index is 1310. The van der Waals surface area contributed by atoms with Crippen molar-refractivity contribution < 1.29 is 58.8 Å². The average molecular weight is 758 g/mol. The van der Waals surface area contributed by atoms with Gasteiger partial charge in [0, 0.05) is 13.0 Å². The first kappa shape index (κ1) is 46.7. The number of carbonyl (C=O) groups is 8. The zero-order valence-electron chi connectivity index (χ0n) is 31.6. The molecule has 1 heterocycles. The maximum absolute atomic E-state index is 13.4. The van der Waals surface area contributed by atoms with Crippen LogP contribution in [-0.4, -0.2) is 134 Å². The van der Waals surface area contributed by atoms with E-state index in [4.69, 9.17) is 10.8 Å². The molecule has 0 unspecified atom stereocenters. The fraction of sp³-hybridized carbons (Fsp3) is 0.765. The molecule has 6 amide bonds. The third kappa shape index (κ3) is 15.3. The summed E-state index contributed by atoms with van der Waals surface area (Å²) in [5.74, 6) is -8.16. The summed E-state index contributed by atoms with van der Waals surface area (Å²) >= 11 is 0. The number of likely N-dealkylation sites (tertiary alicyclic amines) is 1. The van der Waals surface area contributed by atoms with E-state index in [-0.39, 0.29) is 50.5 Å². The molecule has 0 aromatic carbocycles. The van der Waals surface area contributed by atoms with E-state index in [1.165, 1.54) is 11.8 Å². The normalized spacial score (nSPS) is 18.3. The first-order chi connectivity index (χ1) is 24.6. The Hall–Kier alpha value is -4.36. The summed E-state index contributed by atoms with van der Waals surface area (Å²) < 4.78 is 0. The molecule has 1 aliphatic heterocycles. The van der Waals surface area contributed by atoms with Crippen LogP contribution in [0.2, 0.25) is 0 Å². The van der Waals surface area contributed by atoms with Crippen molar-refractivity contribution in [2.45, 2.75) is 135 Å². The van der Waals surface area contributed by atoms with Crippen LogP contribution in [0.3, 0.4) is 0 Å². The number of hydrogen-bond acceptors (Lipinski definition) is 11. The number of rotatable bonds is 22. The lowest BCUT2D eigenvalue weighted by atomic mass is 10.0. The van der Waals surface area contributed by atoms with E-state index in [2.05, 4.69) is 26.6 Å². The number of aliphatic hydroxyl groups is 2. The Morgan fingerprint density at radius 3 is 1.72 bits per heavy atom. The van der Waals surface area contributed by atoms with Crippen molar-refractivity contribution in [3.8, 4) is 0 Å². The summed E-state index contributed by atoms with van der Waals surface area (Å²) in [5.41, 5.74) is 5.89. The first-order valence-corrected chi connectivity index (χ1v) is 17.9. The van der Waals surface area contributed by atoms with E-state index in [0.29, 0.717) is 6.42 Å². The number of hydrogen-bond donors (Lipinski definition) is 10. The molecule has 0 saturated carbocycles. The molecule has 0 aromatic rings. The van der Waals surface area contributed by atoms with Crippen LogP contribution < -0.4 is 32.3 Å². The maximum atomic E-state index is 13.4. The fourth-order valence-electron chi connectivity index (χ4n) is 5.75. The number of carboxylic acid groups (broad SMARTS) is 2. The Morgan fingerprint density at radius 2 is 1.23 bits per heavy atom. The van der Waals surface area contributed by atoms with Crippen LogP contribution in [0.5, 0.6) is 0 Å². The summed E-state index contributed by atoms with van der Waals surface area (Å²) in [6, 6.07) is -9.12. The zero-order valence-corrected chi connectivity index (χ0v) is 31.6. The number of nitrogens with one attached hydrogen (secondary N) is 5. The molecule has 19 heteroatoms. The van der Waals surface area contributed by atoms with E-state index in [1.54, 1.807) is 41.5 Å². The van der Waals surface area contributed by atoms with Crippen LogP contribution in [-0.2, 0) is 38.4 Å². The van der Waals surface area contributed by atoms with Crippen LogP contribution in [0.15, 0.2) is 0 Å². The number of nitrogens with zero attached hydrogens (tertiary/aromatic N) is 1. The molecular weight excluding hydrogens is 698 g/mol. The largest absolute Gasteiger partial charge is 0.481 e. The van der Waals surface area contributed by atoms with Gasteiger partial charge in [-0.3, -0.25) is 33.6 Å². The molecule has 19 nitrogen and oxygen atoms in total. The smallest absolute Gasteiger partial charge is 0.326 e. The van der Waals surface area contributed by atoms with Gasteiger partial charge in [0.25, 0.3) is 0 Å². The molecule has 11 N–H and O–H groups in total. The highest BCUT2D eigenvalue weighted by Crippen LogP contribution is 2.20. The van der Waals surface area contributed by atoms with Gasteiger partial charge in [-0.2, -0.15) is 0 Å². The molecule has 302 valence electrons. The minimum absolute atomic E-state index is 0.0319. The molecule has 53 heavy (non-hydrogen) atoms. The topological polar surface area (TPSA) is 307 Å². The highest BCUT2D eigenvalue weighted by Gasteiger charge is 2.39. The molecule has 1 fully saturated rings. The molecular formula is C34H59N7O12. The van der Waals surface area contributed by atoms with Gasteiger partial charge in [0.1, 0.15) is 36.3 Å². The molecule has 0 aromatic heterocycles. The van der Waals surface area contributed by atoms with Crippen LogP contribution in [0.25, 0.3) is 0 Å². The van der Waals surface area contributed by atoms with E-state index in [1.807, 2.05) is 0 Å². The van der Waals surface area contributed by atoms with Crippen LogP contribution in [0.1, 0.15) is 87.0 Å². The summed E-state index contributed by atoms with van der Waals surface area (Å²) in [4.78, 5) is 103. The van der Waals surface area contributed by atoms with E-state index >= 15 is 0 Å². The van der Waals surface area contributed by atoms with Gasteiger partial charge in [0.05, 0.1) is 18.8 Å². The summed E-state index contributed by atoms with van der Waals surface area (Å²) in [5, 5.41) is 50.9. The van der Waals surface area contributed by atoms with Gasteiger partial charge in [0.15, 0.2) is 0 Å². The minimum Gasteiger partial charge on any atom is -0.481 e. The number of nitrogens with two attached hydrogens (primary N) is 1. The second kappa shape index (κ2) is 22.0. The van der Waals surface area contributed by atoms with Gasteiger partial charge < -0.3 is 57.6 Å². The highest BCUT2D eigenvalue weighted by molar-refractivity contribution is 5.97. The van der Waals surface area contributed by atoms with Crippen molar-refractivity contribution in [2.24, 2.45) is 23.5 Å². The van der Waals surface area contributed by atoms with Crippen molar-refractivity contribution in [3.63, 3.8) is 0 Å². The Morgan fingerprint density at radius 1 is 0.717 bits per heavy atom. The number of aliphatic carboxylic acids is 2. The van der Waals surface area contributed by atoms with Crippen molar-refractivity contribution >= 4 is 47.4 Å². The fourth-order valence-corrected chi connectivity index (χ4v) is 5.75. The van der Waals surface area contributed by atoms with Gasteiger partial charge in [-0.15, -0.1) is 0 Å². The third-order valence-corrected chi connectivity index (χ3v) is 8.61. The third-order valence-electron chi connectivity index (χ3n) is 8.61. The van der Waals surface area contributed by atoms with E-state index in [0.717, 1.165) is 0 Å². The predicted molar refractivity (Wildman–Crippen MR) is 189 cm³/mol. The Balaban J connectivity index is 3.08. The molecule has 1 rings (SSSR count). The molecule has 8 atom stereocenters. The van der Waals surface area contributed by atoms with Crippen molar-refractivity contribution in [2.75, 3.05) is 13.2 Å². The van der Waals surface area contributed by atoms with Crippen LogP contribution in [0, 0.1) is 17.8 Å². The van der Waals surface area contributed by atoms with Crippen molar-refractivity contribution in [3.05, 3.63) is 0 Å². The molecule has 1 saturated heterocycles. The lowest BCUT2D eigenvalue weighted by molar-refractivity contribution is -0.143. The monoisotopic (exact) mass is 757 g/mol. The van der Waals surface area contributed by atoms with Crippen molar-refractivity contribution in [1.29, 1.82) is 0 Å². The molecule has 0 spiro atoms. The Kier molecular flexibility index (Phi) is 19.4. The SMILES string of the molecule is CC(C)C[C@H](NC(=O)[C@@H](NC(=O)[C@H](CC(C)C)NC(=O)[C@H](CO)NC(=O)[C@@H](NC(=O)[C@@H]1CCCN1C(=O)[C@@H](N)CCC(=O)O)C(C)C)[C@@H](C)O)C(=O)O. The molecule has 0 aliphatic carbocycles. The predicted octanol–water partition coefficient (Wildman–Crippen LogP) is -2.20. The average Bonchev–Trinajstić information content (AvgIpc) is 3.55. The van der Waals surface area contributed by atoms with Gasteiger partial charge in [0.2, 0.25) is 35.4 Å². The molecule has 0 radical (unpaired) electrons. The number of carbonyl (C=O) groups excluding carboxylic acids is 6. The molecule has 1 aliphatic rings. The van der Waals surface area contributed by atoms with Gasteiger partial charge in [-0.05, 0) is 56.8 Å². The second-order valence-electron chi connectivity index (χ2n) is 14.6. The summed E-state index contributed by atoms with van der Waals surface area (Å²) in [6.07, 6.45) is -1.05. The lowest BCUT2D eigenvalue weighted by Crippen LogP contribution is -2.62. The van der Waals surface area contributed by atoms with Crippen LogP contribution in [0.4, 0.5) is 0 Å². The zero-order chi connectivity index (χ0) is 40.7. The van der Waals surface area contributed by atoms with Crippen molar-refractivity contribution in [1.82, 2.24) is 31.5 Å². The van der Waals surface area contributed by atoms with Gasteiger partial charge >= 0.3 is 11.9 Å². The minimum atomic E-state index is -1.59. The van der Waals surface area contributed by atoms with Crippen LogP contribution >= 0.6 is 0 Å².